The number of methoxy groups -OCH3 is 1. The summed E-state index contributed by atoms with van der Waals surface area (Å²) >= 11 is 0. The Hall–Kier alpha value is -4.67. The van der Waals surface area contributed by atoms with Crippen molar-refractivity contribution in [2.75, 3.05) is 7.11 Å². The Bertz CT molecular complexity index is 1730. The number of halogens is 3. The average molecular weight is 531 g/mol. The maximum absolute atomic E-state index is 12.9. The first kappa shape index (κ1) is 24.7. The minimum Gasteiger partial charge on any atom is -0.480 e. The van der Waals surface area contributed by atoms with Crippen molar-refractivity contribution >= 4 is 11.0 Å². The minimum absolute atomic E-state index is 0.227. The van der Waals surface area contributed by atoms with Gasteiger partial charge in [0.1, 0.15) is 17.5 Å². The van der Waals surface area contributed by atoms with E-state index in [1.165, 1.54) is 25.6 Å². The number of ether oxygens (including phenoxy) is 1. The molecule has 4 aromatic heterocycles. The van der Waals surface area contributed by atoms with Crippen molar-refractivity contribution in [2.24, 2.45) is 0 Å². The van der Waals surface area contributed by atoms with Crippen LogP contribution in [0.1, 0.15) is 35.6 Å². The molecule has 0 unspecified atom stereocenters. The summed E-state index contributed by atoms with van der Waals surface area (Å²) in [6, 6.07) is 12.6. The molecule has 0 aliphatic heterocycles. The zero-order valence-electron chi connectivity index (χ0n) is 20.7. The second-order valence-electron chi connectivity index (χ2n) is 9.27. The van der Waals surface area contributed by atoms with E-state index in [0.29, 0.717) is 45.5 Å². The Morgan fingerprint density at radius 3 is 2.41 bits per heavy atom. The third-order valence-electron chi connectivity index (χ3n) is 6.63. The van der Waals surface area contributed by atoms with Gasteiger partial charge in [0.05, 0.1) is 30.6 Å². The lowest BCUT2D eigenvalue weighted by atomic mass is 10.1. The molecule has 6 rings (SSSR count). The number of fused-ring (bicyclic) bond motifs is 1. The fourth-order valence-electron chi connectivity index (χ4n) is 4.45. The summed E-state index contributed by atoms with van der Waals surface area (Å²) in [6.45, 7) is 0.227. The number of nitrogens with zero attached hydrogens (tertiary/aromatic N) is 6. The maximum Gasteiger partial charge on any atom is 0.417 e. The zero-order chi connectivity index (χ0) is 27.1. The first-order valence-corrected chi connectivity index (χ1v) is 12.2. The van der Waals surface area contributed by atoms with Crippen molar-refractivity contribution in [1.29, 1.82) is 0 Å². The maximum atomic E-state index is 12.9. The molecular weight excluding hydrogens is 509 g/mol. The van der Waals surface area contributed by atoms with Crippen LogP contribution in [0.25, 0.3) is 33.7 Å². The molecular formula is C28H21F3N6O2. The monoisotopic (exact) mass is 530 g/mol. The van der Waals surface area contributed by atoms with Crippen molar-refractivity contribution in [3.05, 3.63) is 94.4 Å². The van der Waals surface area contributed by atoms with Gasteiger partial charge in [0, 0.05) is 35.3 Å². The molecule has 1 fully saturated rings. The fourth-order valence-corrected chi connectivity index (χ4v) is 4.45. The standard InChI is InChI=1S/C28H21F3N6O2/c1-39-27-23(24(18-6-7-18)34-15-35-27)25-33-12-19-8-11-22(38)37(26(19)36-25)14-16-2-4-17(5-3-16)21-10-9-20(13-32-21)28(29,30)31/h2-5,8-13,15,18H,6-7,14H2,1H3. The summed E-state index contributed by atoms with van der Waals surface area (Å²) in [5, 5.41) is 0.688. The van der Waals surface area contributed by atoms with Gasteiger partial charge in [-0.15, -0.1) is 0 Å². The first-order chi connectivity index (χ1) is 18.8. The molecule has 0 bridgehead atoms. The summed E-state index contributed by atoms with van der Waals surface area (Å²) in [7, 11) is 1.53. The Labute approximate surface area is 220 Å². The van der Waals surface area contributed by atoms with Gasteiger partial charge in [-0.25, -0.2) is 19.9 Å². The van der Waals surface area contributed by atoms with E-state index in [9.17, 15) is 18.0 Å². The second kappa shape index (κ2) is 9.57. The Morgan fingerprint density at radius 2 is 1.74 bits per heavy atom. The van der Waals surface area contributed by atoms with Gasteiger partial charge < -0.3 is 4.74 Å². The molecule has 8 nitrogen and oxygen atoms in total. The van der Waals surface area contributed by atoms with Crippen LogP contribution in [0.5, 0.6) is 5.88 Å². The van der Waals surface area contributed by atoms with Gasteiger partial charge in [-0.3, -0.25) is 14.3 Å². The van der Waals surface area contributed by atoms with Crippen LogP contribution in [0.3, 0.4) is 0 Å². The molecule has 11 heteroatoms. The molecule has 4 heterocycles. The van der Waals surface area contributed by atoms with Gasteiger partial charge in [0.2, 0.25) is 5.88 Å². The van der Waals surface area contributed by atoms with Crippen molar-refractivity contribution in [2.45, 2.75) is 31.5 Å². The van der Waals surface area contributed by atoms with E-state index in [2.05, 4.69) is 19.9 Å². The van der Waals surface area contributed by atoms with Gasteiger partial charge in [-0.1, -0.05) is 24.3 Å². The first-order valence-electron chi connectivity index (χ1n) is 12.2. The lowest BCUT2D eigenvalue weighted by molar-refractivity contribution is -0.137. The number of hydrogen-bond acceptors (Lipinski definition) is 7. The number of pyridine rings is 2. The highest BCUT2D eigenvalue weighted by Crippen LogP contribution is 2.44. The SMILES string of the molecule is COc1ncnc(C2CC2)c1-c1ncc2ccc(=O)n(Cc3ccc(-c4ccc(C(F)(F)F)cn4)cc3)c2n1. The van der Waals surface area contributed by atoms with Crippen LogP contribution in [0.4, 0.5) is 13.2 Å². The van der Waals surface area contributed by atoms with E-state index in [4.69, 9.17) is 9.72 Å². The number of rotatable bonds is 6. The Morgan fingerprint density at radius 1 is 0.949 bits per heavy atom. The van der Waals surface area contributed by atoms with Gasteiger partial charge in [-0.2, -0.15) is 13.2 Å². The smallest absolute Gasteiger partial charge is 0.417 e. The molecule has 0 radical (unpaired) electrons. The van der Waals surface area contributed by atoms with Gasteiger partial charge in [0.15, 0.2) is 5.82 Å². The summed E-state index contributed by atoms with van der Waals surface area (Å²) < 4.78 is 45.6. The highest BCUT2D eigenvalue weighted by atomic mass is 19.4. The lowest BCUT2D eigenvalue weighted by Gasteiger charge is -2.13. The van der Waals surface area contributed by atoms with E-state index in [1.807, 2.05) is 0 Å². The lowest BCUT2D eigenvalue weighted by Crippen LogP contribution is -2.21. The van der Waals surface area contributed by atoms with E-state index in [0.717, 1.165) is 36.4 Å². The quantitative estimate of drug-likeness (QED) is 0.295. The second-order valence-corrected chi connectivity index (χ2v) is 9.27. The molecule has 0 atom stereocenters. The highest BCUT2D eigenvalue weighted by Gasteiger charge is 2.32. The fraction of sp³-hybridized carbons (Fsp3) is 0.214. The molecule has 0 spiro atoms. The van der Waals surface area contributed by atoms with Crippen LogP contribution < -0.4 is 10.3 Å². The predicted octanol–water partition coefficient (Wildman–Crippen LogP) is 5.26. The average Bonchev–Trinajstić information content (AvgIpc) is 3.80. The molecule has 5 aromatic rings. The van der Waals surface area contributed by atoms with Crippen molar-refractivity contribution in [1.82, 2.24) is 29.5 Å². The highest BCUT2D eigenvalue weighted by molar-refractivity contribution is 5.78. The van der Waals surface area contributed by atoms with Crippen LogP contribution in [-0.4, -0.2) is 36.6 Å². The molecule has 1 aliphatic rings. The molecule has 0 saturated heterocycles. The summed E-state index contributed by atoms with van der Waals surface area (Å²) in [4.78, 5) is 34.9. The van der Waals surface area contributed by atoms with Crippen LogP contribution in [0.15, 0.2) is 72.0 Å². The molecule has 39 heavy (non-hydrogen) atoms. The van der Waals surface area contributed by atoms with E-state index in [1.54, 1.807) is 41.1 Å². The Kier molecular flexibility index (Phi) is 6.05. The largest absolute Gasteiger partial charge is 0.480 e. The predicted molar refractivity (Wildman–Crippen MR) is 137 cm³/mol. The molecule has 0 amide bonds. The number of hydrogen-bond donors (Lipinski definition) is 0. The number of alkyl halides is 3. The van der Waals surface area contributed by atoms with Gasteiger partial charge in [0.25, 0.3) is 5.56 Å². The van der Waals surface area contributed by atoms with Gasteiger partial charge >= 0.3 is 6.18 Å². The van der Waals surface area contributed by atoms with E-state index < -0.39 is 11.7 Å². The number of benzene rings is 1. The minimum atomic E-state index is -4.44. The summed E-state index contributed by atoms with van der Waals surface area (Å²) in [5.41, 5.74) is 2.75. The van der Waals surface area contributed by atoms with Crippen LogP contribution in [-0.2, 0) is 12.7 Å². The normalized spacial score (nSPS) is 13.5. The number of aromatic nitrogens is 6. The molecule has 1 aromatic carbocycles. The zero-order valence-corrected chi connectivity index (χ0v) is 20.7. The van der Waals surface area contributed by atoms with Crippen molar-refractivity contribution in [3.63, 3.8) is 0 Å². The third kappa shape index (κ3) is 4.83. The van der Waals surface area contributed by atoms with Crippen LogP contribution >= 0.6 is 0 Å². The van der Waals surface area contributed by atoms with Crippen molar-refractivity contribution < 1.29 is 17.9 Å². The third-order valence-corrected chi connectivity index (χ3v) is 6.63. The summed E-state index contributed by atoms with van der Waals surface area (Å²) in [6.07, 6.45) is 1.54. The molecule has 1 aliphatic carbocycles. The van der Waals surface area contributed by atoms with Crippen LogP contribution in [0.2, 0.25) is 0 Å². The topological polar surface area (TPSA) is 95.7 Å². The van der Waals surface area contributed by atoms with Gasteiger partial charge in [-0.05, 0) is 36.6 Å². The Balaban J connectivity index is 1.35. The molecule has 1 saturated carbocycles. The van der Waals surface area contributed by atoms with E-state index in [-0.39, 0.29) is 12.1 Å². The van der Waals surface area contributed by atoms with E-state index >= 15 is 0 Å². The summed E-state index contributed by atoms with van der Waals surface area (Å²) in [5.74, 6) is 1.06. The van der Waals surface area contributed by atoms with Crippen molar-refractivity contribution in [3.8, 4) is 28.5 Å². The molecule has 196 valence electrons. The molecule has 0 N–H and O–H groups in total. The van der Waals surface area contributed by atoms with Crippen LogP contribution in [0, 0.1) is 0 Å².